The summed E-state index contributed by atoms with van der Waals surface area (Å²) in [7, 11) is 0. The van der Waals surface area contributed by atoms with Crippen LogP contribution in [0.1, 0.15) is 81.5 Å². The molecule has 1 aliphatic carbocycles. The molecule has 66 heavy (non-hydrogen) atoms. The number of pyridine rings is 1. The summed E-state index contributed by atoms with van der Waals surface area (Å²) in [6, 6.07) is 12.5. The third-order valence-electron chi connectivity index (χ3n) is 13.3. The van der Waals surface area contributed by atoms with Gasteiger partial charge >= 0.3 is 6.18 Å². The maximum Gasteiger partial charge on any atom is 0.433 e. The highest BCUT2D eigenvalue weighted by Gasteiger charge is 2.45. The van der Waals surface area contributed by atoms with Crippen molar-refractivity contribution < 1.29 is 41.5 Å². The van der Waals surface area contributed by atoms with Crippen LogP contribution in [0.4, 0.5) is 40.4 Å². The fraction of sp³-hybridized carbons (Fsp3) is 0.400. The summed E-state index contributed by atoms with van der Waals surface area (Å²) < 4.78 is 56.7. The molecule has 10 rings (SSSR count). The largest absolute Gasteiger partial charge is 0.433 e. The van der Waals surface area contributed by atoms with Crippen LogP contribution in [0.5, 0.6) is 0 Å². The normalized spacial score (nSPS) is 21.8. The van der Waals surface area contributed by atoms with Gasteiger partial charge in [0.15, 0.2) is 17.0 Å². The van der Waals surface area contributed by atoms with Crippen molar-refractivity contribution in [1.82, 2.24) is 44.9 Å². The average Bonchev–Trinajstić information content (AvgIpc) is 3.82. The first kappa shape index (κ1) is 42.9. The van der Waals surface area contributed by atoms with Crippen molar-refractivity contribution in [3.63, 3.8) is 0 Å². The molecule has 4 fully saturated rings. The highest BCUT2D eigenvalue weighted by atomic mass is 19.4. The molecule has 1 saturated carbocycles. The molecule has 0 radical (unpaired) electrons. The Morgan fingerprint density at radius 2 is 1.56 bits per heavy atom. The number of hydrogen-bond acceptors (Lipinski definition) is 13. The van der Waals surface area contributed by atoms with E-state index in [0.717, 1.165) is 80.0 Å². The molecule has 4 aliphatic heterocycles. The third kappa shape index (κ3) is 8.26. The Morgan fingerprint density at radius 3 is 2.27 bits per heavy atom. The third-order valence-corrected chi connectivity index (χ3v) is 13.3. The molecule has 3 aromatic heterocycles. The number of fused-ring (bicyclic) bond motifs is 2. The Balaban J connectivity index is 0.684. The smallest absolute Gasteiger partial charge is 0.369 e. The summed E-state index contributed by atoms with van der Waals surface area (Å²) in [4.78, 5) is 87.7. The Morgan fingerprint density at radius 1 is 0.833 bits per heavy atom. The molecule has 342 valence electrons. The summed E-state index contributed by atoms with van der Waals surface area (Å²) in [5, 5.41) is 8.31. The number of imidazole rings is 1. The summed E-state index contributed by atoms with van der Waals surface area (Å²) in [5.41, 5.74) is 1.97. The number of rotatable bonds is 10. The van der Waals surface area contributed by atoms with E-state index in [1.54, 1.807) is 6.33 Å². The fourth-order valence-corrected chi connectivity index (χ4v) is 9.65. The quantitative estimate of drug-likeness (QED) is 0.129. The number of nitrogens with zero attached hydrogens (tertiary/aromatic N) is 9. The molecule has 17 nitrogen and oxygen atoms in total. The van der Waals surface area contributed by atoms with Gasteiger partial charge in [-0.25, -0.2) is 24.3 Å². The number of benzene rings is 2. The topological polar surface area (TPSA) is 191 Å². The number of amides is 5. The molecule has 0 bridgehead atoms. The van der Waals surface area contributed by atoms with Crippen molar-refractivity contribution in [3.05, 3.63) is 95.6 Å². The number of anilines is 4. The maximum absolute atomic E-state index is 15.5. The predicted molar refractivity (Wildman–Crippen MR) is 230 cm³/mol. The summed E-state index contributed by atoms with van der Waals surface area (Å²) in [6.07, 6.45) is 1.31. The minimum Gasteiger partial charge on any atom is -0.369 e. The highest BCUT2D eigenvalue weighted by molar-refractivity contribution is 6.23. The van der Waals surface area contributed by atoms with Gasteiger partial charge in [-0.1, -0.05) is 6.07 Å². The van der Waals surface area contributed by atoms with Gasteiger partial charge in [0.1, 0.15) is 29.6 Å². The first-order valence-corrected chi connectivity index (χ1v) is 21.9. The standard InChI is InChI=1S/C45H44F4N12O5/c46-32-20-30-31(44(66)61(43(30)65)34-8-9-37(62)56-42(34)64)21-35(32)59-12-10-25(11-13-59)22-57-14-16-58(17-15-57)28-6-4-26(5-7-28)53-39-38-40(51-23-50-39)60(24-52-38)29-18-27(19-29)54-41(63)33-2-1-3-36(55-33)45(47,48)49/h1-7,20-21,23-25,27,29,34H,8-19,22H2,(H,54,63)(H,50,51,53)(H,56,62,64). The van der Waals surface area contributed by atoms with Crippen molar-refractivity contribution in [2.45, 2.75) is 62.8 Å². The number of carbonyl (C=O) groups is 5. The number of piperidine rings is 2. The number of carbonyl (C=O) groups excluding carboxylic acids is 5. The fourth-order valence-electron chi connectivity index (χ4n) is 9.65. The minimum absolute atomic E-state index is 0.00700. The van der Waals surface area contributed by atoms with Crippen LogP contribution in [0.3, 0.4) is 0 Å². The highest BCUT2D eigenvalue weighted by Crippen LogP contribution is 2.37. The lowest BCUT2D eigenvalue weighted by Gasteiger charge is -2.40. The monoisotopic (exact) mass is 908 g/mol. The van der Waals surface area contributed by atoms with Crippen molar-refractivity contribution >= 4 is 63.6 Å². The number of aromatic nitrogens is 5. The second kappa shape index (κ2) is 17.1. The molecule has 1 atom stereocenters. The van der Waals surface area contributed by atoms with Crippen LogP contribution < -0.4 is 25.8 Å². The van der Waals surface area contributed by atoms with E-state index >= 15 is 4.39 Å². The number of alkyl halides is 3. The lowest BCUT2D eigenvalue weighted by Crippen LogP contribution is -2.54. The number of halogens is 4. The Kier molecular flexibility index (Phi) is 11.1. The number of hydrogen-bond donors (Lipinski definition) is 3. The molecule has 1 unspecified atom stereocenters. The van der Waals surface area contributed by atoms with Gasteiger partial charge in [0.05, 0.1) is 23.1 Å². The summed E-state index contributed by atoms with van der Waals surface area (Å²) in [5.74, 6) is -2.85. The Hall–Kier alpha value is -7.03. The zero-order valence-corrected chi connectivity index (χ0v) is 35.4. The molecule has 5 aliphatic rings. The van der Waals surface area contributed by atoms with Crippen LogP contribution in [0.2, 0.25) is 0 Å². The van der Waals surface area contributed by atoms with Crippen LogP contribution in [-0.4, -0.2) is 122 Å². The van der Waals surface area contributed by atoms with E-state index in [1.807, 2.05) is 21.6 Å². The molecule has 5 amide bonds. The SMILES string of the molecule is O=C1CCC(N2C(=O)c3cc(F)c(N4CCC(CN5CCN(c6ccc(Nc7ncnc8c7ncn8C7CC(NC(=O)c8cccc(C(F)(F)F)n8)C7)cc6)CC5)CC4)cc3C2=O)C(=O)N1. The van der Waals surface area contributed by atoms with Gasteiger partial charge in [-0.15, -0.1) is 0 Å². The van der Waals surface area contributed by atoms with Crippen molar-refractivity contribution in [2.24, 2.45) is 5.92 Å². The second-order valence-electron chi connectivity index (χ2n) is 17.4. The van der Waals surface area contributed by atoms with Crippen LogP contribution in [-0.2, 0) is 15.8 Å². The Labute approximate surface area is 374 Å². The van der Waals surface area contributed by atoms with Gasteiger partial charge in [0.2, 0.25) is 11.8 Å². The van der Waals surface area contributed by atoms with E-state index in [1.165, 1.54) is 18.5 Å². The first-order valence-electron chi connectivity index (χ1n) is 21.9. The number of imide groups is 2. The molecular formula is C45H44F4N12O5. The van der Waals surface area contributed by atoms with E-state index < -0.39 is 53.3 Å². The lowest BCUT2D eigenvalue weighted by atomic mass is 9.86. The number of piperazine rings is 1. The summed E-state index contributed by atoms with van der Waals surface area (Å²) >= 11 is 0. The molecule has 21 heteroatoms. The van der Waals surface area contributed by atoms with Gasteiger partial charge in [-0.3, -0.25) is 39.1 Å². The molecule has 5 aromatic rings. The predicted octanol–water partition coefficient (Wildman–Crippen LogP) is 4.70. The van der Waals surface area contributed by atoms with Crippen LogP contribution in [0.25, 0.3) is 11.2 Å². The lowest BCUT2D eigenvalue weighted by molar-refractivity contribution is -0.141. The van der Waals surface area contributed by atoms with E-state index in [4.69, 9.17) is 0 Å². The maximum atomic E-state index is 15.5. The molecular weight excluding hydrogens is 865 g/mol. The minimum atomic E-state index is -4.64. The number of nitrogens with one attached hydrogen (secondary N) is 3. The van der Waals surface area contributed by atoms with Crippen molar-refractivity contribution in [1.29, 1.82) is 0 Å². The Bertz CT molecular complexity index is 2750. The molecule has 3 saturated heterocycles. The van der Waals surface area contributed by atoms with E-state index in [0.29, 0.717) is 48.8 Å². The molecule has 3 N–H and O–H groups in total. The molecule has 2 aromatic carbocycles. The van der Waals surface area contributed by atoms with Crippen LogP contribution in [0.15, 0.2) is 67.3 Å². The van der Waals surface area contributed by atoms with Crippen molar-refractivity contribution in [3.8, 4) is 0 Å². The van der Waals surface area contributed by atoms with Crippen LogP contribution >= 0.6 is 0 Å². The summed E-state index contributed by atoms with van der Waals surface area (Å²) in [6.45, 7) is 5.61. The van der Waals surface area contributed by atoms with Gasteiger partial charge in [0.25, 0.3) is 17.7 Å². The first-order chi connectivity index (χ1) is 31.8. The van der Waals surface area contributed by atoms with Crippen LogP contribution in [0, 0.1) is 11.7 Å². The van der Waals surface area contributed by atoms with Gasteiger partial charge in [0, 0.05) is 75.7 Å². The van der Waals surface area contributed by atoms with E-state index in [9.17, 15) is 37.1 Å². The zero-order valence-electron chi connectivity index (χ0n) is 35.4. The van der Waals surface area contributed by atoms with Gasteiger partial charge in [-0.2, -0.15) is 13.2 Å². The van der Waals surface area contributed by atoms with E-state index in [-0.39, 0.29) is 47.4 Å². The average molecular weight is 909 g/mol. The molecule has 7 heterocycles. The van der Waals surface area contributed by atoms with Gasteiger partial charge in [-0.05, 0) is 86.6 Å². The van der Waals surface area contributed by atoms with Gasteiger partial charge < -0.3 is 25.0 Å². The zero-order chi connectivity index (χ0) is 45.9. The van der Waals surface area contributed by atoms with Crippen molar-refractivity contribution in [2.75, 3.05) is 60.9 Å². The second-order valence-corrected chi connectivity index (χ2v) is 17.4. The molecule has 0 spiro atoms. The van der Waals surface area contributed by atoms with E-state index in [2.05, 4.69) is 57.8 Å².